The third kappa shape index (κ3) is 4.29. The number of halogens is 1. The van der Waals surface area contributed by atoms with E-state index in [1.807, 2.05) is 30.5 Å². The van der Waals surface area contributed by atoms with E-state index in [1.54, 1.807) is 0 Å². The maximum absolute atomic E-state index is 13.3. The second kappa shape index (κ2) is 8.66. The van der Waals surface area contributed by atoms with Gasteiger partial charge < -0.3 is 4.57 Å². The van der Waals surface area contributed by atoms with Crippen molar-refractivity contribution >= 4 is 44.0 Å². The van der Waals surface area contributed by atoms with Crippen molar-refractivity contribution < 1.29 is 0 Å². The molecule has 2 aromatic carbocycles. The van der Waals surface area contributed by atoms with Gasteiger partial charge in [-0.25, -0.2) is 4.98 Å². The lowest BCUT2D eigenvalue weighted by atomic mass is 9.96. The molecule has 0 atom stereocenters. The van der Waals surface area contributed by atoms with E-state index in [0.717, 1.165) is 34.1 Å². The quantitative estimate of drug-likeness (QED) is 0.306. The van der Waals surface area contributed by atoms with Crippen molar-refractivity contribution in [2.24, 2.45) is 10.5 Å². The number of aryl methyl sites for hydroxylation is 1. The first-order valence-corrected chi connectivity index (χ1v) is 11.8. The van der Waals surface area contributed by atoms with E-state index in [2.05, 4.69) is 78.4 Å². The normalized spacial score (nSPS) is 12.4. The number of hydrogen-bond acceptors (Lipinski definition) is 3. The van der Waals surface area contributed by atoms with Crippen LogP contribution in [0.5, 0.6) is 0 Å². The van der Waals surface area contributed by atoms with Crippen molar-refractivity contribution in [2.75, 3.05) is 0 Å². The van der Waals surface area contributed by atoms with Gasteiger partial charge in [0, 0.05) is 39.6 Å². The van der Waals surface area contributed by atoms with Crippen LogP contribution in [-0.2, 0) is 13.0 Å². The minimum atomic E-state index is -0.146. The number of fused-ring (bicyclic) bond motifs is 2. The first kappa shape index (κ1) is 22.5. The van der Waals surface area contributed by atoms with E-state index >= 15 is 0 Å². The Labute approximate surface area is 196 Å². The standard InChI is InChI=1S/C26H29BrN4O/c1-6-9-24-29-22-13-12-18(27)14-20(22)25(32)31(24)28-15-21-17(2)30(16-26(3,4)5)23-11-8-7-10-19(21)23/h7-8,10-15H,6,9,16H2,1-5H3. The van der Waals surface area contributed by atoms with Crippen LogP contribution in [0.15, 0.2) is 56.8 Å². The SMILES string of the molecule is CCCc1nc2ccc(Br)cc2c(=O)n1N=Cc1c(C)n(CC(C)(C)C)c2ccccc12. The van der Waals surface area contributed by atoms with Gasteiger partial charge in [-0.2, -0.15) is 9.78 Å². The summed E-state index contributed by atoms with van der Waals surface area (Å²) < 4.78 is 4.67. The number of para-hydroxylation sites is 1. The minimum absolute atomic E-state index is 0.141. The molecule has 0 bridgehead atoms. The summed E-state index contributed by atoms with van der Waals surface area (Å²) in [5, 5.41) is 6.38. The van der Waals surface area contributed by atoms with E-state index in [4.69, 9.17) is 4.98 Å². The molecule has 6 heteroatoms. The molecule has 0 fully saturated rings. The summed E-state index contributed by atoms with van der Waals surface area (Å²) in [7, 11) is 0. The number of aromatic nitrogens is 3. The van der Waals surface area contributed by atoms with Gasteiger partial charge in [0.05, 0.1) is 17.1 Å². The molecular weight excluding hydrogens is 464 g/mol. The summed E-state index contributed by atoms with van der Waals surface area (Å²) in [4.78, 5) is 18.1. The van der Waals surface area contributed by atoms with Crippen molar-refractivity contribution in [2.45, 2.75) is 54.0 Å². The second-order valence-electron chi connectivity index (χ2n) is 9.46. The number of rotatable bonds is 5. The van der Waals surface area contributed by atoms with E-state index in [1.165, 1.54) is 10.2 Å². The van der Waals surface area contributed by atoms with Crippen LogP contribution in [0.1, 0.15) is 51.2 Å². The van der Waals surface area contributed by atoms with Crippen LogP contribution < -0.4 is 5.56 Å². The summed E-state index contributed by atoms with van der Waals surface area (Å²) >= 11 is 3.46. The molecule has 0 unspecified atom stereocenters. The highest BCUT2D eigenvalue weighted by Gasteiger charge is 2.18. The largest absolute Gasteiger partial charge is 0.344 e. The molecule has 32 heavy (non-hydrogen) atoms. The van der Waals surface area contributed by atoms with Crippen LogP contribution in [0.4, 0.5) is 0 Å². The number of benzene rings is 2. The third-order valence-electron chi connectivity index (χ3n) is 5.56. The first-order valence-electron chi connectivity index (χ1n) is 11.0. The van der Waals surface area contributed by atoms with Gasteiger partial charge in [-0.1, -0.05) is 61.8 Å². The fourth-order valence-corrected chi connectivity index (χ4v) is 4.47. The Morgan fingerprint density at radius 3 is 2.59 bits per heavy atom. The van der Waals surface area contributed by atoms with Crippen molar-refractivity contribution in [1.29, 1.82) is 0 Å². The van der Waals surface area contributed by atoms with Gasteiger partial charge >= 0.3 is 0 Å². The molecule has 0 radical (unpaired) electrons. The Balaban J connectivity index is 1.90. The van der Waals surface area contributed by atoms with Crippen LogP contribution in [0, 0.1) is 12.3 Å². The van der Waals surface area contributed by atoms with Gasteiger partial charge in [0.2, 0.25) is 0 Å². The average molecular weight is 493 g/mol. The summed E-state index contributed by atoms with van der Waals surface area (Å²) in [5.74, 6) is 0.680. The van der Waals surface area contributed by atoms with Gasteiger partial charge in [-0.05, 0) is 43.0 Å². The maximum Gasteiger partial charge on any atom is 0.282 e. The molecule has 5 nitrogen and oxygen atoms in total. The van der Waals surface area contributed by atoms with Crippen LogP contribution >= 0.6 is 15.9 Å². The molecule has 0 saturated heterocycles. The maximum atomic E-state index is 13.3. The zero-order chi connectivity index (χ0) is 23.0. The van der Waals surface area contributed by atoms with Crippen molar-refractivity contribution in [3.05, 3.63) is 74.4 Å². The fourth-order valence-electron chi connectivity index (χ4n) is 4.11. The zero-order valence-electron chi connectivity index (χ0n) is 19.3. The molecule has 4 aromatic rings. The topological polar surface area (TPSA) is 52.2 Å². The Hall–Kier alpha value is -2.73. The van der Waals surface area contributed by atoms with E-state index in [0.29, 0.717) is 23.1 Å². The van der Waals surface area contributed by atoms with Crippen molar-refractivity contribution in [3.8, 4) is 0 Å². The van der Waals surface area contributed by atoms with Gasteiger partial charge in [-0.15, -0.1) is 0 Å². The Morgan fingerprint density at radius 2 is 1.88 bits per heavy atom. The van der Waals surface area contributed by atoms with E-state index in [-0.39, 0.29) is 11.0 Å². The Kier molecular flexibility index (Phi) is 6.08. The molecule has 0 N–H and O–H groups in total. The molecule has 0 saturated carbocycles. The highest BCUT2D eigenvalue weighted by Crippen LogP contribution is 2.28. The molecule has 166 valence electrons. The second-order valence-corrected chi connectivity index (χ2v) is 10.4. The molecule has 0 aliphatic rings. The zero-order valence-corrected chi connectivity index (χ0v) is 20.9. The van der Waals surface area contributed by atoms with Crippen LogP contribution in [0.3, 0.4) is 0 Å². The molecule has 0 amide bonds. The number of hydrogen-bond donors (Lipinski definition) is 0. The Bertz CT molecular complexity index is 1390. The third-order valence-corrected chi connectivity index (χ3v) is 6.06. The smallest absolute Gasteiger partial charge is 0.282 e. The van der Waals surface area contributed by atoms with E-state index in [9.17, 15) is 4.79 Å². The molecule has 2 aromatic heterocycles. The minimum Gasteiger partial charge on any atom is -0.344 e. The number of nitrogens with zero attached hydrogens (tertiary/aromatic N) is 4. The lowest BCUT2D eigenvalue weighted by Crippen LogP contribution is -2.22. The monoisotopic (exact) mass is 492 g/mol. The molecule has 2 heterocycles. The van der Waals surface area contributed by atoms with Gasteiger partial charge in [0.25, 0.3) is 5.56 Å². The summed E-state index contributed by atoms with van der Waals surface area (Å²) in [6.07, 6.45) is 3.39. The van der Waals surface area contributed by atoms with Crippen LogP contribution in [0.2, 0.25) is 0 Å². The summed E-state index contributed by atoms with van der Waals surface area (Å²) in [6, 6.07) is 14.0. The summed E-state index contributed by atoms with van der Waals surface area (Å²) in [5.41, 5.74) is 4.06. The molecule has 0 aliphatic carbocycles. The van der Waals surface area contributed by atoms with Gasteiger partial charge in [0.15, 0.2) is 0 Å². The van der Waals surface area contributed by atoms with Gasteiger partial charge in [-0.3, -0.25) is 4.79 Å². The highest BCUT2D eigenvalue weighted by atomic mass is 79.9. The lowest BCUT2D eigenvalue weighted by molar-refractivity contribution is 0.346. The summed E-state index contributed by atoms with van der Waals surface area (Å²) in [6.45, 7) is 11.8. The van der Waals surface area contributed by atoms with Gasteiger partial charge in [0.1, 0.15) is 5.82 Å². The van der Waals surface area contributed by atoms with Crippen LogP contribution in [-0.4, -0.2) is 20.4 Å². The molecule has 0 spiro atoms. The average Bonchev–Trinajstić information content (AvgIpc) is 2.99. The highest BCUT2D eigenvalue weighted by molar-refractivity contribution is 9.10. The molecule has 0 aliphatic heterocycles. The van der Waals surface area contributed by atoms with Crippen LogP contribution in [0.25, 0.3) is 21.8 Å². The predicted molar refractivity (Wildman–Crippen MR) is 137 cm³/mol. The predicted octanol–water partition coefficient (Wildman–Crippen LogP) is 6.30. The first-order chi connectivity index (χ1) is 15.2. The molecule has 4 rings (SSSR count). The van der Waals surface area contributed by atoms with E-state index < -0.39 is 0 Å². The Morgan fingerprint density at radius 1 is 1.12 bits per heavy atom. The van der Waals surface area contributed by atoms with Crippen molar-refractivity contribution in [1.82, 2.24) is 14.2 Å². The fraction of sp³-hybridized carbons (Fsp3) is 0.346. The molecular formula is C26H29BrN4O. The lowest BCUT2D eigenvalue weighted by Gasteiger charge is -2.21. The van der Waals surface area contributed by atoms with Crippen molar-refractivity contribution in [3.63, 3.8) is 0 Å².